The molecule has 0 fully saturated rings. The van der Waals surface area contributed by atoms with E-state index in [2.05, 4.69) is 13.8 Å². The summed E-state index contributed by atoms with van der Waals surface area (Å²) in [6, 6.07) is 0. The Kier molecular flexibility index (Phi) is 13.2. The van der Waals surface area contributed by atoms with Gasteiger partial charge in [0.2, 0.25) is 0 Å². The topological polar surface area (TPSA) is 26.3 Å². The van der Waals surface area contributed by atoms with Crippen molar-refractivity contribution in [1.29, 1.82) is 0 Å². The molecule has 3 heteroatoms. The predicted molar refractivity (Wildman–Crippen MR) is 71.3 cm³/mol. The smallest absolute Gasteiger partial charge is 0.146 e. The number of hydrogen-bond donors (Lipinski definition) is 0. The highest BCUT2D eigenvalue weighted by molar-refractivity contribution is 7.39. The second kappa shape index (κ2) is 13.1. The van der Waals surface area contributed by atoms with Crippen molar-refractivity contribution in [2.45, 2.75) is 71.6 Å². The van der Waals surface area contributed by atoms with Gasteiger partial charge < -0.3 is 0 Å². The Morgan fingerprint density at radius 1 is 0.812 bits per heavy atom. The Balaban J connectivity index is 3.09. The van der Waals surface area contributed by atoms with Crippen LogP contribution in [0.1, 0.15) is 71.6 Å². The molecule has 0 saturated heterocycles. The lowest BCUT2D eigenvalue weighted by atomic mass is 10.1. The molecule has 0 aromatic carbocycles. The first-order valence-corrected chi connectivity index (χ1v) is 8.25. The monoisotopic (exact) mass is 247 g/mol. The Labute approximate surface area is 102 Å². The summed E-state index contributed by atoms with van der Waals surface area (Å²) in [4.78, 5) is 0. The molecule has 0 aliphatic carbocycles. The minimum absolute atomic E-state index is 0.688. The van der Waals surface area contributed by atoms with Gasteiger partial charge in [-0.2, -0.15) is 0 Å². The Hall–Kier alpha value is 0.0600. The molecule has 1 atom stereocenters. The van der Waals surface area contributed by atoms with Crippen molar-refractivity contribution in [3.05, 3.63) is 0 Å². The van der Waals surface area contributed by atoms with E-state index in [0.29, 0.717) is 6.61 Å². The van der Waals surface area contributed by atoms with E-state index in [-0.39, 0.29) is 0 Å². The maximum atomic E-state index is 11.4. The van der Waals surface area contributed by atoms with E-state index in [9.17, 15) is 4.57 Å². The summed E-state index contributed by atoms with van der Waals surface area (Å²) in [7, 11) is -1.37. The third kappa shape index (κ3) is 12.1. The van der Waals surface area contributed by atoms with Crippen molar-refractivity contribution in [2.24, 2.45) is 0 Å². The van der Waals surface area contributed by atoms with Crippen LogP contribution in [0.5, 0.6) is 0 Å². The fraction of sp³-hybridized carbons (Fsp3) is 1.00. The SMILES string of the molecule is CCCCCCCCO[P+](=O)CCCCC. The molecule has 0 amide bonds. The molecule has 0 bridgehead atoms. The zero-order valence-electron chi connectivity index (χ0n) is 11.0. The minimum Gasteiger partial charge on any atom is -0.146 e. The van der Waals surface area contributed by atoms with Crippen LogP contribution in [0.15, 0.2) is 0 Å². The van der Waals surface area contributed by atoms with E-state index in [1.165, 1.54) is 44.9 Å². The Morgan fingerprint density at radius 2 is 1.38 bits per heavy atom. The second-order valence-corrected chi connectivity index (χ2v) is 5.74. The third-order valence-corrected chi connectivity index (χ3v) is 3.83. The summed E-state index contributed by atoms with van der Waals surface area (Å²) in [6.45, 7) is 5.07. The van der Waals surface area contributed by atoms with Crippen molar-refractivity contribution in [2.75, 3.05) is 12.8 Å². The van der Waals surface area contributed by atoms with Crippen LogP contribution in [0, 0.1) is 0 Å². The first-order valence-electron chi connectivity index (χ1n) is 6.88. The third-order valence-electron chi connectivity index (χ3n) is 2.68. The van der Waals surface area contributed by atoms with Gasteiger partial charge in [0, 0.05) is 0 Å². The summed E-state index contributed by atoms with van der Waals surface area (Å²) in [5, 5.41) is 0. The van der Waals surface area contributed by atoms with E-state index in [0.717, 1.165) is 19.0 Å². The van der Waals surface area contributed by atoms with Crippen molar-refractivity contribution < 1.29 is 9.09 Å². The lowest BCUT2D eigenvalue weighted by molar-refractivity contribution is 0.315. The first-order chi connectivity index (χ1) is 7.81. The van der Waals surface area contributed by atoms with Crippen LogP contribution in [-0.2, 0) is 9.09 Å². The zero-order chi connectivity index (χ0) is 12.1. The molecule has 96 valence electrons. The molecule has 0 radical (unpaired) electrons. The van der Waals surface area contributed by atoms with Crippen molar-refractivity contribution >= 4 is 8.03 Å². The highest BCUT2D eigenvalue weighted by Gasteiger charge is 2.15. The standard InChI is InChI=1S/C13H28O2P/c1-3-5-7-8-9-10-12-15-16(14)13-11-6-4-2/h3-13H2,1-2H3/q+1. The maximum absolute atomic E-state index is 11.4. The molecule has 0 heterocycles. The van der Waals surface area contributed by atoms with Gasteiger partial charge in [-0.15, -0.1) is 4.52 Å². The molecular weight excluding hydrogens is 219 g/mol. The second-order valence-electron chi connectivity index (χ2n) is 4.36. The zero-order valence-corrected chi connectivity index (χ0v) is 11.9. The van der Waals surface area contributed by atoms with E-state index < -0.39 is 8.03 Å². The minimum atomic E-state index is -1.37. The molecule has 0 aromatic rings. The van der Waals surface area contributed by atoms with Crippen molar-refractivity contribution in [1.82, 2.24) is 0 Å². The fourth-order valence-electron chi connectivity index (χ4n) is 1.60. The van der Waals surface area contributed by atoms with Crippen LogP contribution in [0.4, 0.5) is 0 Å². The molecule has 0 rings (SSSR count). The number of rotatable bonds is 12. The van der Waals surface area contributed by atoms with Crippen molar-refractivity contribution in [3.8, 4) is 0 Å². The van der Waals surface area contributed by atoms with Gasteiger partial charge in [0.05, 0.1) is 0 Å². The highest BCUT2D eigenvalue weighted by Crippen LogP contribution is 2.24. The maximum Gasteiger partial charge on any atom is 0.508 e. The van der Waals surface area contributed by atoms with Crippen LogP contribution in [0.3, 0.4) is 0 Å². The molecule has 0 N–H and O–H groups in total. The van der Waals surface area contributed by atoms with E-state index >= 15 is 0 Å². The van der Waals surface area contributed by atoms with Crippen LogP contribution in [0.25, 0.3) is 0 Å². The highest BCUT2D eigenvalue weighted by atomic mass is 31.1. The lowest BCUT2D eigenvalue weighted by Crippen LogP contribution is -1.90. The summed E-state index contributed by atoms with van der Waals surface area (Å²) in [5.41, 5.74) is 0. The fourth-order valence-corrected chi connectivity index (χ4v) is 2.55. The number of unbranched alkanes of at least 4 members (excludes halogenated alkanes) is 7. The summed E-state index contributed by atoms with van der Waals surface area (Å²) < 4.78 is 16.7. The quantitative estimate of drug-likeness (QED) is 0.345. The lowest BCUT2D eigenvalue weighted by Gasteiger charge is -1.97. The van der Waals surface area contributed by atoms with Crippen molar-refractivity contribution in [3.63, 3.8) is 0 Å². The van der Waals surface area contributed by atoms with Crippen LogP contribution < -0.4 is 0 Å². The summed E-state index contributed by atoms with van der Waals surface area (Å²) >= 11 is 0. The first kappa shape index (κ1) is 16.1. The molecular formula is C13H28O2P+. The van der Waals surface area contributed by atoms with Gasteiger partial charge in [0.1, 0.15) is 6.61 Å². The van der Waals surface area contributed by atoms with Gasteiger partial charge in [-0.1, -0.05) is 52.4 Å². The summed E-state index contributed by atoms with van der Waals surface area (Å²) in [6.07, 6.45) is 11.7. The van der Waals surface area contributed by atoms with Gasteiger partial charge in [0.15, 0.2) is 6.16 Å². The van der Waals surface area contributed by atoms with Gasteiger partial charge in [-0.3, -0.25) is 0 Å². The van der Waals surface area contributed by atoms with Crippen LogP contribution >= 0.6 is 8.03 Å². The van der Waals surface area contributed by atoms with Gasteiger partial charge in [-0.25, -0.2) is 0 Å². The average Bonchev–Trinajstić information content (AvgIpc) is 2.28. The Morgan fingerprint density at radius 3 is 2.06 bits per heavy atom. The molecule has 0 saturated carbocycles. The molecule has 0 aromatic heterocycles. The number of hydrogen-bond acceptors (Lipinski definition) is 2. The summed E-state index contributed by atoms with van der Waals surface area (Å²) in [5.74, 6) is 0. The van der Waals surface area contributed by atoms with Crippen LogP contribution in [-0.4, -0.2) is 12.8 Å². The normalized spacial score (nSPS) is 11.8. The van der Waals surface area contributed by atoms with Gasteiger partial charge >= 0.3 is 8.03 Å². The molecule has 0 spiro atoms. The van der Waals surface area contributed by atoms with E-state index in [4.69, 9.17) is 4.52 Å². The largest absolute Gasteiger partial charge is 0.508 e. The Bertz CT molecular complexity index is 160. The van der Waals surface area contributed by atoms with E-state index in [1.807, 2.05) is 0 Å². The molecule has 0 aliphatic rings. The average molecular weight is 247 g/mol. The molecule has 2 nitrogen and oxygen atoms in total. The van der Waals surface area contributed by atoms with Gasteiger partial charge in [0.25, 0.3) is 0 Å². The molecule has 1 unspecified atom stereocenters. The predicted octanol–water partition coefficient (Wildman–Crippen LogP) is 5.30. The molecule has 0 aliphatic heterocycles. The van der Waals surface area contributed by atoms with Crippen LogP contribution in [0.2, 0.25) is 0 Å². The molecule has 16 heavy (non-hydrogen) atoms. The van der Waals surface area contributed by atoms with E-state index in [1.54, 1.807) is 0 Å². The van der Waals surface area contributed by atoms with Gasteiger partial charge in [-0.05, 0) is 23.8 Å².